The number of nitrogens with one attached hydrogen (secondary N) is 1. The second-order valence-electron chi connectivity index (χ2n) is 6.76. The molecule has 0 saturated carbocycles. The number of thioether (sulfide) groups is 1. The van der Waals surface area contributed by atoms with Gasteiger partial charge in [0.1, 0.15) is 10.8 Å². The highest BCUT2D eigenvalue weighted by Gasteiger charge is 2.15. The van der Waals surface area contributed by atoms with E-state index in [1.165, 1.54) is 11.8 Å². The van der Waals surface area contributed by atoms with Crippen LogP contribution in [0.3, 0.4) is 0 Å². The Labute approximate surface area is 178 Å². The van der Waals surface area contributed by atoms with Crippen molar-refractivity contribution in [3.63, 3.8) is 0 Å². The molecule has 3 aromatic heterocycles. The molecule has 4 aromatic rings. The van der Waals surface area contributed by atoms with Crippen LogP contribution in [0.4, 0.5) is 0 Å². The molecule has 1 amide bonds. The van der Waals surface area contributed by atoms with Gasteiger partial charge in [-0.3, -0.25) is 4.79 Å². The van der Waals surface area contributed by atoms with Crippen molar-refractivity contribution < 1.29 is 9.32 Å². The Morgan fingerprint density at radius 1 is 1.17 bits per heavy atom. The lowest BCUT2D eigenvalue weighted by Gasteiger charge is -2.08. The topological polar surface area (TPSA) is 85.8 Å². The smallest absolute Gasteiger partial charge is 0.254 e. The lowest BCUT2D eigenvalue weighted by atomic mass is 10.2. The molecule has 0 aliphatic heterocycles. The molecule has 0 fully saturated rings. The molecule has 1 N–H and O–H groups in total. The Bertz CT molecular complexity index is 1130. The number of benzene rings is 1. The van der Waals surface area contributed by atoms with E-state index in [4.69, 9.17) is 4.52 Å². The number of carbonyl (C=O) groups excluding carboxylic acids is 1. The van der Waals surface area contributed by atoms with E-state index in [0.717, 1.165) is 28.3 Å². The molecular formula is C22H21N5O2S. The minimum absolute atomic E-state index is 0.170. The third kappa shape index (κ3) is 4.44. The predicted octanol–water partition coefficient (Wildman–Crippen LogP) is 4.09. The molecule has 8 heteroatoms. The van der Waals surface area contributed by atoms with Crippen LogP contribution in [-0.4, -0.2) is 25.8 Å². The summed E-state index contributed by atoms with van der Waals surface area (Å²) in [7, 11) is 0. The molecule has 0 spiro atoms. The first-order valence-corrected chi connectivity index (χ1v) is 10.5. The van der Waals surface area contributed by atoms with Gasteiger partial charge in [-0.15, -0.1) is 11.8 Å². The molecule has 0 atom stereocenters. The molecular weight excluding hydrogens is 398 g/mol. The summed E-state index contributed by atoms with van der Waals surface area (Å²) in [5.41, 5.74) is 4.33. The fourth-order valence-corrected chi connectivity index (χ4v) is 4.12. The Hall–Kier alpha value is -3.39. The first-order valence-electron chi connectivity index (χ1n) is 9.48. The Kier molecular flexibility index (Phi) is 5.94. The predicted molar refractivity (Wildman–Crippen MR) is 115 cm³/mol. The number of rotatable bonds is 7. The van der Waals surface area contributed by atoms with Crippen molar-refractivity contribution in [2.45, 2.75) is 31.2 Å². The second-order valence-corrected chi connectivity index (χ2v) is 7.72. The van der Waals surface area contributed by atoms with Crippen LogP contribution in [0.2, 0.25) is 0 Å². The first kappa shape index (κ1) is 19.9. The summed E-state index contributed by atoms with van der Waals surface area (Å²) in [6, 6.07) is 13.4. The number of aromatic nitrogens is 4. The maximum absolute atomic E-state index is 12.8. The number of hydrogen-bond acceptors (Lipinski definition) is 6. The van der Waals surface area contributed by atoms with Crippen molar-refractivity contribution >= 4 is 17.7 Å². The third-order valence-corrected chi connectivity index (χ3v) is 5.69. The van der Waals surface area contributed by atoms with Gasteiger partial charge in [0.15, 0.2) is 0 Å². The van der Waals surface area contributed by atoms with Gasteiger partial charge in [0.2, 0.25) is 0 Å². The van der Waals surface area contributed by atoms with E-state index in [1.54, 1.807) is 29.2 Å². The highest BCUT2D eigenvalue weighted by atomic mass is 32.2. The van der Waals surface area contributed by atoms with E-state index in [-0.39, 0.29) is 5.91 Å². The number of aryl methyl sites for hydroxylation is 2. The van der Waals surface area contributed by atoms with Crippen molar-refractivity contribution in [3.05, 3.63) is 89.2 Å². The maximum atomic E-state index is 12.8. The number of para-hydroxylation sites is 1. The van der Waals surface area contributed by atoms with Crippen molar-refractivity contribution in [2.75, 3.05) is 0 Å². The average Bonchev–Trinajstić information content (AvgIpc) is 3.38. The Morgan fingerprint density at radius 3 is 2.77 bits per heavy atom. The van der Waals surface area contributed by atoms with Crippen LogP contribution in [0.15, 0.2) is 70.6 Å². The van der Waals surface area contributed by atoms with Gasteiger partial charge in [-0.25, -0.2) is 9.67 Å². The number of pyridine rings is 1. The van der Waals surface area contributed by atoms with Gasteiger partial charge in [-0.05, 0) is 38.1 Å². The molecule has 4 rings (SSSR count). The Balaban J connectivity index is 1.41. The van der Waals surface area contributed by atoms with Crippen molar-refractivity contribution in [2.24, 2.45) is 0 Å². The van der Waals surface area contributed by atoms with Crippen LogP contribution >= 0.6 is 11.8 Å². The van der Waals surface area contributed by atoms with Gasteiger partial charge in [-0.2, -0.15) is 5.10 Å². The van der Waals surface area contributed by atoms with Crippen LogP contribution < -0.4 is 5.32 Å². The zero-order valence-electron chi connectivity index (χ0n) is 16.7. The molecule has 0 aliphatic rings. The zero-order chi connectivity index (χ0) is 20.9. The van der Waals surface area contributed by atoms with Crippen LogP contribution in [0.5, 0.6) is 0 Å². The molecule has 7 nitrogen and oxygen atoms in total. The maximum Gasteiger partial charge on any atom is 0.254 e. The van der Waals surface area contributed by atoms with Gasteiger partial charge < -0.3 is 9.84 Å². The summed E-state index contributed by atoms with van der Waals surface area (Å²) in [4.78, 5) is 17.2. The van der Waals surface area contributed by atoms with E-state index in [9.17, 15) is 4.79 Å². The quantitative estimate of drug-likeness (QED) is 0.454. The molecule has 0 aliphatic carbocycles. The van der Waals surface area contributed by atoms with Crippen LogP contribution in [0.25, 0.3) is 5.69 Å². The van der Waals surface area contributed by atoms with Crippen LogP contribution in [0, 0.1) is 13.8 Å². The summed E-state index contributed by atoms with van der Waals surface area (Å²) in [6.07, 6.45) is 5.35. The Morgan fingerprint density at radius 2 is 2.00 bits per heavy atom. The minimum atomic E-state index is -0.170. The van der Waals surface area contributed by atoms with Crippen LogP contribution in [-0.2, 0) is 12.3 Å². The van der Waals surface area contributed by atoms with Crippen molar-refractivity contribution in [1.29, 1.82) is 0 Å². The van der Waals surface area contributed by atoms with E-state index in [2.05, 4.69) is 20.6 Å². The van der Waals surface area contributed by atoms with Crippen molar-refractivity contribution in [1.82, 2.24) is 25.2 Å². The van der Waals surface area contributed by atoms with Gasteiger partial charge in [0, 0.05) is 35.8 Å². The molecule has 0 unspecified atom stereocenters. The largest absolute Gasteiger partial charge is 0.361 e. The first-order chi connectivity index (χ1) is 14.6. The average molecular weight is 420 g/mol. The summed E-state index contributed by atoms with van der Waals surface area (Å²) >= 11 is 1.50. The fraction of sp³-hybridized carbons (Fsp3) is 0.182. The lowest BCUT2D eigenvalue weighted by molar-refractivity contribution is 0.0947. The van der Waals surface area contributed by atoms with Crippen molar-refractivity contribution in [3.8, 4) is 5.69 Å². The number of hydrogen-bond donors (Lipinski definition) is 1. The summed E-state index contributed by atoms with van der Waals surface area (Å²) in [5, 5.41) is 12.0. The molecule has 0 bridgehead atoms. The van der Waals surface area contributed by atoms with E-state index >= 15 is 0 Å². The van der Waals surface area contributed by atoms with Gasteiger partial charge in [0.05, 0.1) is 23.1 Å². The SMILES string of the molecule is Cc1noc(C)c1CSc1ncccc1C(=O)NCc1cnn(-c2ccccc2)c1. The van der Waals surface area contributed by atoms with Gasteiger partial charge in [0.25, 0.3) is 5.91 Å². The summed E-state index contributed by atoms with van der Waals surface area (Å²) < 4.78 is 7.00. The molecule has 152 valence electrons. The van der Waals surface area contributed by atoms with Crippen LogP contribution in [0.1, 0.15) is 32.9 Å². The zero-order valence-corrected chi connectivity index (χ0v) is 17.5. The lowest BCUT2D eigenvalue weighted by Crippen LogP contribution is -2.23. The van der Waals surface area contributed by atoms with Gasteiger partial charge in [-0.1, -0.05) is 23.4 Å². The number of amides is 1. The van der Waals surface area contributed by atoms with E-state index < -0.39 is 0 Å². The van der Waals surface area contributed by atoms with Gasteiger partial charge >= 0.3 is 0 Å². The molecule has 1 aromatic carbocycles. The summed E-state index contributed by atoms with van der Waals surface area (Å²) in [6.45, 7) is 4.18. The standard InChI is InChI=1S/C22H21N5O2S/c1-15-20(16(2)29-26-15)14-30-22-19(9-6-10-23-22)21(28)24-11-17-12-25-27(13-17)18-7-4-3-5-8-18/h3-10,12-13H,11,14H2,1-2H3,(H,24,28). The summed E-state index contributed by atoms with van der Waals surface area (Å²) in [5.74, 6) is 1.26. The third-order valence-electron chi connectivity index (χ3n) is 4.66. The number of nitrogens with zero attached hydrogens (tertiary/aromatic N) is 4. The molecule has 0 saturated heterocycles. The highest BCUT2D eigenvalue weighted by molar-refractivity contribution is 7.98. The highest BCUT2D eigenvalue weighted by Crippen LogP contribution is 2.27. The minimum Gasteiger partial charge on any atom is -0.361 e. The van der Waals surface area contributed by atoms with E-state index in [0.29, 0.717) is 22.9 Å². The fourth-order valence-electron chi connectivity index (χ4n) is 2.98. The monoisotopic (exact) mass is 419 g/mol. The molecule has 0 radical (unpaired) electrons. The molecule has 30 heavy (non-hydrogen) atoms. The second kappa shape index (κ2) is 8.96. The van der Waals surface area contributed by atoms with E-state index in [1.807, 2.05) is 50.4 Å². The normalized spacial score (nSPS) is 10.9. The molecule has 3 heterocycles. The number of carbonyl (C=O) groups is 1.